The van der Waals surface area contributed by atoms with Crippen molar-refractivity contribution in [1.82, 2.24) is 0 Å². The van der Waals surface area contributed by atoms with Crippen LogP contribution in [0.4, 0.5) is 0 Å². The molecule has 0 rings (SSSR count). The van der Waals surface area contributed by atoms with E-state index in [1.54, 1.807) is 0 Å². The summed E-state index contributed by atoms with van der Waals surface area (Å²) < 4.78 is 0. The van der Waals surface area contributed by atoms with Crippen LogP contribution in [0, 0.1) is 0 Å². The molecule has 0 aliphatic heterocycles. The van der Waals surface area contributed by atoms with Crippen molar-refractivity contribution < 1.29 is 98.2 Å². The van der Waals surface area contributed by atoms with Crippen molar-refractivity contribution in [2.45, 2.75) is 0 Å². The molecule has 0 nitrogen and oxygen atoms in total. The molecule has 0 fully saturated rings. The molecule has 5 heteroatoms. The SMILES string of the molecule is [Mo][Ta].[Ni].[W].[Zr]. The van der Waals surface area contributed by atoms with Gasteiger partial charge in [-0.25, -0.2) is 0 Å². The number of hydrogen-bond acceptors (Lipinski definition) is 0. The van der Waals surface area contributed by atoms with Gasteiger partial charge in [0.15, 0.2) is 0 Å². The van der Waals surface area contributed by atoms with Crippen molar-refractivity contribution in [3.8, 4) is 0 Å². The molecular formula is MoNiTaWZr. The van der Waals surface area contributed by atoms with Crippen LogP contribution in [0.1, 0.15) is 0 Å². The third-order valence-corrected chi connectivity index (χ3v) is 0. The topological polar surface area (TPSA) is 0 Å². The zero-order valence-corrected chi connectivity index (χ0v) is 13.7. The fourth-order valence-corrected chi connectivity index (χ4v) is 0. The summed E-state index contributed by atoms with van der Waals surface area (Å²) in [5.41, 5.74) is 0. The Hall–Kier alpha value is 3.49. The molecule has 31 valence electrons. The smallest absolute Gasteiger partial charge is 0 e. The first-order valence-corrected chi connectivity index (χ1v) is 8.84. The predicted molar refractivity (Wildman–Crippen MR) is 0 cm³/mol. The molecule has 0 unspecified atom stereocenters. The van der Waals surface area contributed by atoms with Gasteiger partial charge in [0.2, 0.25) is 0 Å². The van der Waals surface area contributed by atoms with Gasteiger partial charge in [0.05, 0.1) is 0 Å². The Bertz CT molecular complexity index is 11.6. The monoisotopic (exact) mass is 611 g/mol. The van der Waals surface area contributed by atoms with Crippen LogP contribution >= 0.6 is 0 Å². The Morgan fingerprint density at radius 1 is 1.20 bits per heavy atom. The third-order valence-electron chi connectivity index (χ3n) is 0. The molecule has 0 amide bonds. The van der Waals surface area contributed by atoms with Crippen LogP contribution in [-0.4, -0.2) is 0 Å². The van der Waals surface area contributed by atoms with E-state index >= 15 is 0 Å². The van der Waals surface area contributed by atoms with Gasteiger partial charge >= 0.3 is 34.5 Å². The zero-order valence-electron chi connectivity index (χ0n) is 2.08. The first-order chi connectivity index (χ1) is 1.00. The Morgan fingerprint density at radius 2 is 1.20 bits per heavy atom. The first-order valence-electron chi connectivity index (χ1n) is 0.183. The molecule has 5 heavy (non-hydrogen) atoms. The summed E-state index contributed by atoms with van der Waals surface area (Å²) in [4.78, 5) is 0. The second kappa shape index (κ2) is 25.9. The Kier molecular flexibility index (Phi) is 122. The van der Waals surface area contributed by atoms with Crippen molar-refractivity contribution in [3.63, 3.8) is 0 Å². The second-order valence-corrected chi connectivity index (χ2v) is 0. The quantitative estimate of drug-likeness (QED) is 0.339. The van der Waals surface area contributed by atoms with Crippen LogP contribution in [0.25, 0.3) is 0 Å². The van der Waals surface area contributed by atoms with Crippen LogP contribution in [0.5, 0.6) is 0 Å². The zero-order chi connectivity index (χ0) is 2.00. The fourth-order valence-electron chi connectivity index (χ4n) is 0. The van der Waals surface area contributed by atoms with Crippen LogP contribution < -0.4 is 0 Å². The molecule has 0 radical (unpaired) electrons. The van der Waals surface area contributed by atoms with E-state index in [1.165, 1.54) is 18.0 Å². The molecule has 0 heterocycles. The van der Waals surface area contributed by atoms with E-state index in [9.17, 15) is 0 Å². The van der Waals surface area contributed by atoms with Crippen LogP contribution in [0.3, 0.4) is 0 Å². The van der Waals surface area contributed by atoms with Crippen LogP contribution in [-0.2, 0) is 98.2 Å². The van der Waals surface area contributed by atoms with Crippen molar-refractivity contribution in [2.75, 3.05) is 0 Å². The Labute approximate surface area is 96.1 Å². The maximum atomic E-state index is 2.06. The van der Waals surface area contributed by atoms with Gasteiger partial charge in [-0.2, -0.15) is 0 Å². The predicted octanol–water partition coefficient (Wildman–Crippen LogP) is -0.0125. The summed E-state index contributed by atoms with van der Waals surface area (Å²) in [6.45, 7) is 0. The van der Waals surface area contributed by atoms with Crippen molar-refractivity contribution in [2.24, 2.45) is 0 Å². The summed E-state index contributed by atoms with van der Waals surface area (Å²) >= 11 is 3.52. The van der Waals surface area contributed by atoms with E-state index in [1.807, 2.05) is 0 Å². The molecule has 0 aliphatic rings. The third kappa shape index (κ3) is 18.5. The second-order valence-electron chi connectivity index (χ2n) is 0. The van der Waals surface area contributed by atoms with E-state index in [-0.39, 0.29) is 63.8 Å². The Morgan fingerprint density at radius 3 is 1.20 bits per heavy atom. The molecule has 0 N–H and O–H groups in total. The summed E-state index contributed by atoms with van der Waals surface area (Å²) in [5.74, 6) is 0. The molecule has 0 aliphatic carbocycles. The van der Waals surface area contributed by atoms with Gasteiger partial charge in [0.25, 0.3) is 0 Å². The fraction of sp³-hybridized carbons (Fsp3) is 0. The van der Waals surface area contributed by atoms with Crippen molar-refractivity contribution in [3.05, 3.63) is 0 Å². The van der Waals surface area contributed by atoms with E-state index in [4.69, 9.17) is 0 Å². The van der Waals surface area contributed by atoms with Crippen LogP contribution in [0.2, 0.25) is 0 Å². The van der Waals surface area contributed by atoms with Gasteiger partial charge in [-0.3, -0.25) is 0 Å². The first kappa shape index (κ1) is 23.6. The minimum absolute atomic E-state index is 0. The van der Waals surface area contributed by atoms with Crippen LogP contribution in [0.15, 0.2) is 0 Å². The van der Waals surface area contributed by atoms with E-state index in [2.05, 4.69) is 16.5 Å². The average Bonchev–Trinajstić information content (AvgIpc) is 1.00. The normalized spacial score (nSPS) is 0.800. The average molecular weight is 611 g/mol. The minimum Gasteiger partial charge on any atom is 0 e. The molecule has 0 bridgehead atoms. The molecule has 0 atom stereocenters. The summed E-state index contributed by atoms with van der Waals surface area (Å²) in [5, 5.41) is 0. The van der Waals surface area contributed by atoms with Gasteiger partial charge in [-0.15, -0.1) is 0 Å². The Balaban J connectivity index is -0.00000000167. The molecule has 0 aromatic heterocycles. The largest absolute Gasteiger partial charge is 0 e. The summed E-state index contributed by atoms with van der Waals surface area (Å²) in [7, 11) is 0. The number of rotatable bonds is 0. The summed E-state index contributed by atoms with van der Waals surface area (Å²) in [6.07, 6.45) is 0. The minimum atomic E-state index is 0. The van der Waals surface area contributed by atoms with Gasteiger partial charge in [-0.05, 0) is 0 Å². The van der Waals surface area contributed by atoms with Gasteiger partial charge in [0.1, 0.15) is 0 Å². The van der Waals surface area contributed by atoms with E-state index in [0.717, 1.165) is 0 Å². The van der Waals surface area contributed by atoms with Gasteiger partial charge in [0, 0.05) is 63.8 Å². The standard InChI is InChI=1S/Mo.Ni.Ta.W.Zr. The molecule has 0 saturated heterocycles. The van der Waals surface area contributed by atoms with E-state index in [0.29, 0.717) is 0 Å². The molecule has 0 spiro atoms. The van der Waals surface area contributed by atoms with Crippen molar-refractivity contribution in [1.29, 1.82) is 0 Å². The molecule has 0 aromatic carbocycles. The van der Waals surface area contributed by atoms with Crippen molar-refractivity contribution >= 4 is 0 Å². The molecule has 0 aromatic rings. The van der Waals surface area contributed by atoms with Gasteiger partial charge in [-0.1, -0.05) is 0 Å². The maximum absolute atomic E-state index is 2.06. The molecule has 0 saturated carbocycles. The molecular weight excluding hydrogens is 611 g/mol. The maximum Gasteiger partial charge on any atom is 0 e. The van der Waals surface area contributed by atoms with Gasteiger partial charge < -0.3 is 0 Å². The summed E-state index contributed by atoms with van der Waals surface area (Å²) in [6, 6.07) is 0. The number of hydrogen-bond donors (Lipinski definition) is 0. The van der Waals surface area contributed by atoms with E-state index < -0.39 is 0 Å².